The van der Waals surface area contributed by atoms with Gasteiger partial charge in [0.1, 0.15) is 47.2 Å². The van der Waals surface area contributed by atoms with E-state index in [0.717, 1.165) is 32.2 Å². The Morgan fingerprint density at radius 1 is 1.13 bits per heavy atom. The molecule has 5 fully saturated rings. The van der Waals surface area contributed by atoms with Crippen LogP contribution in [0.4, 0.5) is 19.0 Å². The Bertz CT molecular complexity index is 2260. The number of benzene rings is 2. The molecule has 3 unspecified atom stereocenters. The lowest BCUT2D eigenvalue weighted by atomic mass is 9.60. The highest BCUT2D eigenvalue weighted by Crippen LogP contribution is 2.47. The molecule has 1 amide bonds. The third-order valence-corrected chi connectivity index (χ3v) is 12.6. The van der Waals surface area contributed by atoms with Gasteiger partial charge in [-0.3, -0.25) is 19.5 Å². The quantitative estimate of drug-likeness (QED) is 0.256. The molecular weight excluding hydrogens is 685 g/mol. The van der Waals surface area contributed by atoms with Crippen molar-refractivity contribution in [3.63, 3.8) is 0 Å². The largest absolute Gasteiger partial charge is 0.508 e. The lowest BCUT2D eigenvalue weighted by molar-refractivity contribution is -0.160. The normalized spacial score (nSPS) is 27.7. The summed E-state index contributed by atoms with van der Waals surface area (Å²) in [6.45, 7) is 5.74. The number of piperazine rings is 1. The fourth-order valence-corrected chi connectivity index (χ4v) is 9.69. The molecule has 6 heterocycles. The van der Waals surface area contributed by atoms with Crippen molar-refractivity contribution in [1.82, 2.24) is 24.8 Å². The Kier molecular flexibility index (Phi) is 7.68. The number of ketones is 1. The van der Waals surface area contributed by atoms with Crippen molar-refractivity contribution in [2.75, 3.05) is 37.7 Å². The number of phenolic OH excluding ortho intramolecular Hbond substituents is 1. The number of rotatable bonds is 6. The molecule has 1 aliphatic carbocycles. The van der Waals surface area contributed by atoms with Crippen LogP contribution in [0.1, 0.15) is 57.9 Å². The number of fused-ring (bicyclic) bond motifs is 5. The molecule has 9 rings (SSSR count). The van der Waals surface area contributed by atoms with Gasteiger partial charge < -0.3 is 19.6 Å². The topological polar surface area (TPSA) is 112 Å². The molecule has 0 spiro atoms. The molecule has 10 nitrogen and oxygen atoms in total. The van der Waals surface area contributed by atoms with Crippen molar-refractivity contribution in [2.24, 2.45) is 11.3 Å². The zero-order valence-electron chi connectivity index (χ0n) is 29.5. The van der Waals surface area contributed by atoms with E-state index in [1.54, 1.807) is 0 Å². The Labute approximate surface area is 304 Å². The van der Waals surface area contributed by atoms with Gasteiger partial charge in [-0.2, -0.15) is 9.97 Å². The van der Waals surface area contributed by atoms with Gasteiger partial charge in [-0.1, -0.05) is 25.8 Å². The fraction of sp³-hybridized carbons (Fsp3) is 0.475. The summed E-state index contributed by atoms with van der Waals surface area (Å²) in [4.78, 5) is 46.1. The first-order valence-corrected chi connectivity index (χ1v) is 18.3. The number of ether oxygens (including phenoxy) is 1. The summed E-state index contributed by atoms with van der Waals surface area (Å²) in [5, 5.41) is 11.6. The number of aromatic hydroxyl groups is 1. The van der Waals surface area contributed by atoms with Crippen molar-refractivity contribution >= 4 is 39.2 Å². The lowest BCUT2D eigenvalue weighted by Crippen LogP contribution is -2.61. The van der Waals surface area contributed by atoms with E-state index in [1.165, 1.54) is 30.5 Å². The number of phenols is 1. The van der Waals surface area contributed by atoms with E-state index in [9.17, 15) is 23.5 Å². The molecule has 2 aromatic carbocycles. The number of alkyl halides is 1. The molecule has 4 aromatic rings. The molecule has 2 aromatic heterocycles. The minimum absolute atomic E-state index is 0.000101. The first-order chi connectivity index (χ1) is 25.4. The van der Waals surface area contributed by atoms with Gasteiger partial charge >= 0.3 is 6.01 Å². The smallest absolute Gasteiger partial charge is 0.319 e. The highest BCUT2D eigenvalue weighted by atomic mass is 19.1. The third-order valence-electron chi connectivity index (χ3n) is 12.6. The summed E-state index contributed by atoms with van der Waals surface area (Å²) in [6.07, 6.45) is 10.0. The molecule has 5 aliphatic rings. The Morgan fingerprint density at radius 2 is 1.91 bits per heavy atom. The van der Waals surface area contributed by atoms with Gasteiger partial charge in [0.15, 0.2) is 5.82 Å². The third kappa shape index (κ3) is 5.16. The van der Waals surface area contributed by atoms with E-state index in [0.29, 0.717) is 42.6 Å². The van der Waals surface area contributed by atoms with Crippen molar-refractivity contribution < 1.29 is 32.6 Å². The van der Waals surface area contributed by atoms with Gasteiger partial charge in [-0.25, -0.2) is 13.2 Å². The van der Waals surface area contributed by atoms with Gasteiger partial charge in [-0.05, 0) is 55.8 Å². The van der Waals surface area contributed by atoms with E-state index < -0.39 is 28.8 Å². The van der Waals surface area contributed by atoms with Crippen molar-refractivity contribution in [3.05, 3.63) is 47.7 Å². The molecule has 53 heavy (non-hydrogen) atoms. The van der Waals surface area contributed by atoms with Gasteiger partial charge in [-0.15, -0.1) is 6.42 Å². The number of terminal acetylenes is 1. The van der Waals surface area contributed by atoms with Crippen LogP contribution in [0.3, 0.4) is 0 Å². The Morgan fingerprint density at radius 3 is 2.62 bits per heavy atom. The second-order valence-electron chi connectivity index (χ2n) is 16.0. The number of carbonyl (C=O) groups is 2. The maximum Gasteiger partial charge on any atom is 0.319 e. The number of Topliss-reactive ketones (excluding diaryl/α,β-unsaturated/α-hetero) is 1. The molecule has 4 saturated heterocycles. The highest BCUT2D eigenvalue weighted by molar-refractivity contribution is 6.03. The van der Waals surface area contributed by atoms with Crippen LogP contribution in [0.5, 0.6) is 11.8 Å². The lowest BCUT2D eigenvalue weighted by Gasteiger charge is -2.48. The number of anilines is 1. The highest BCUT2D eigenvalue weighted by Gasteiger charge is 2.55. The maximum atomic E-state index is 17.1. The molecule has 1 N–H and O–H groups in total. The van der Waals surface area contributed by atoms with E-state index in [4.69, 9.17) is 16.1 Å². The molecule has 1 saturated carbocycles. The molecule has 0 radical (unpaired) electrons. The van der Waals surface area contributed by atoms with Crippen molar-refractivity contribution in [1.29, 1.82) is 0 Å². The first kappa shape index (κ1) is 33.8. The predicted molar refractivity (Wildman–Crippen MR) is 191 cm³/mol. The zero-order valence-corrected chi connectivity index (χ0v) is 29.5. The van der Waals surface area contributed by atoms with E-state index >= 15 is 4.39 Å². The van der Waals surface area contributed by atoms with E-state index in [2.05, 4.69) is 20.8 Å². The molecule has 5 atom stereocenters. The summed E-state index contributed by atoms with van der Waals surface area (Å²) >= 11 is 0. The fourth-order valence-electron chi connectivity index (χ4n) is 9.69. The molecular formula is C40H39F3N6O4. The van der Waals surface area contributed by atoms with Crippen LogP contribution in [-0.2, 0) is 9.59 Å². The van der Waals surface area contributed by atoms with Crippen LogP contribution in [0.25, 0.3) is 32.9 Å². The molecule has 2 bridgehead atoms. The number of pyridine rings is 1. The number of halogens is 3. The molecule has 4 aliphatic heterocycles. The summed E-state index contributed by atoms with van der Waals surface area (Å²) in [5.41, 5.74) is -1.48. The minimum Gasteiger partial charge on any atom is -0.508 e. The Balaban J connectivity index is 1.13. The number of aromatic nitrogens is 3. The van der Waals surface area contributed by atoms with E-state index in [1.807, 2.05) is 23.6 Å². The average Bonchev–Trinajstić information content (AvgIpc) is 3.75. The summed E-state index contributed by atoms with van der Waals surface area (Å²) in [5.74, 6) is 0.794. The number of nitrogens with zero attached hydrogens (tertiary/aromatic N) is 6. The van der Waals surface area contributed by atoms with Crippen LogP contribution < -0.4 is 9.64 Å². The van der Waals surface area contributed by atoms with Crippen molar-refractivity contribution in [3.8, 4) is 35.4 Å². The van der Waals surface area contributed by atoms with Crippen LogP contribution in [-0.4, -0.2) is 98.1 Å². The van der Waals surface area contributed by atoms with Gasteiger partial charge in [0.2, 0.25) is 5.91 Å². The minimum atomic E-state index is -0.967. The number of hydrogen-bond acceptors (Lipinski definition) is 9. The number of carbonyl (C=O) groups excluding carboxylic acids is 2. The number of hydrogen-bond donors (Lipinski definition) is 1. The van der Waals surface area contributed by atoms with Crippen LogP contribution in [0.2, 0.25) is 0 Å². The maximum absolute atomic E-state index is 17.1. The average molecular weight is 725 g/mol. The SMILES string of the molecule is C#Cc1c(F)ccc2cc(O)cc(-c3ncc4c(N5CC6CCC(C5)N6C(=O)C5CC(=O)C5(C)C)nc(OC[C@@]56CCCN5C[C@H](F)C6)nc4c3F)c12. The second-order valence-corrected chi connectivity index (χ2v) is 16.0. The Hall–Kier alpha value is -4.96. The van der Waals surface area contributed by atoms with Gasteiger partial charge in [0.05, 0.1) is 22.4 Å². The molecule has 274 valence electrons. The van der Waals surface area contributed by atoms with Gasteiger partial charge in [0, 0.05) is 67.1 Å². The van der Waals surface area contributed by atoms with Crippen molar-refractivity contribution in [2.45, 2.75) is 76.2 Å². The van der Waals surface area contributed by atoms with Crippen LogP contribution in [0, 0.1) is 35.3 Å². The first-order valence-electron chi connectivity index (χ1n) is 18.3. The monoisotopic (exact) mass is 724 g/mol. The van der Waals surface area contributed by atoms with E-state index in [-0.39, 0.29) is 82.2 Å². The summed E-state index contributed by atoms with van der Waals surface area (Å²) in [6, 6.07) is 5.01. The second kappa shape index (κ2) is 12.0. The predicted octanol–water partition coefficient (Wildman–Crippen LogP) is 5.56. The number of amides is 1. The zero-order chi connectivity index (χ0) is 37.0. The molecule has 13 heteroatoms. The van der Waals surface area contributed by atoms with Crippen LogP contribution in [0.15, 0.2) is 30.5 Å². The summed E-state index contributed by atoms with van der Waals surface area (Å²) < 4.78 is 52.9. The summed E-state index contributed by atoms with van der Waals surface area (Å²) in [7, 11) is 0. The standard InChI is InChI=1S/C40H39F3N6O4/c1-4-26-30(42)9-6-21-12-25(50)13-27(32(21)26)34-33(43)35-28(16-44-34)36(46-38(45-35)53-20-40-10-5-11-48(40)17-22(41)15-40)47-18-23-7-8-24(19-47)49(23)37(52)29-14-31(51)39(29,2)3/h1,6,9,12-13,16,22-24,29,50H,5,7-8,10-11,14-15,17-20H2,2-3H3/t22-,23?,24?,29?,40+/m1/s1. The van der Waals surface area contributed by atoms with Crippen LogP contribution >= 0.6 is 0 Å². The van der Waals surface area contributed by atoms with Gasteiger partial charge in [0.25, 0.3) is 0 Å².